The maximum Gasteiger partial charge on any atom is 0.0594 e. The highest BCUT2D eigenvalue weighted by atomic mass is 16.5. The van der Waals surface area contributed by atoms with E-state index in [1.165, 1.54) is 5.56 Å². The number of nitrogens with zero attached hydrogens (tertiary/aromatic N) is 2. The molecule has 1 unspecified atom stereocenters. The molecular formula is C19H30N2O3. The molecule has 0 bridgehead atoms. The summed E-state index contributed by atoms with van der Waals surface area (Å²) >= 11 is 0. The van der Waals surface area contributed by atoms with E-state index in [0.29, 0.717) is 19.3 Å². The molecule has 134 valence electrons. The van der Waals surface area contributed by atoms with Crippen LogP contribution in [0.15, 0.2) is 30.3 Å². The molecule has 2 fully saturated rings. The second kappa shape index (κ2) is 8.41. The topological polar surface area (TPSA) is 45.2 Å². The lowest BCUT2D eigenvalue weighted by molar-refractivity contribution is -0.153. The van der Waals surface area contributed by atoms with Gasteiger partial charge in [-0.3, -0.25) is 9.80 Å². The first-order valence-electron chi connectivity index (χ1n) is 8.97. The molecule has 0 radical (unpaired) electrons. The maximum absolute atomic E-state index is 9.82. The summed E-state index contributed by atoms with van der Waals surface area (Å²) < 4.78 is 10.9. The minimum absolute atomic E-state index is 0.0892. The van der Waals surface area contributed by atoms with E-state index in [9.17, 15) is 5.11 Å². The van der Waals surface area contributed by atoms with Gasteiger partial charge in [-0.2, -0.15) is 0 Å². The molecule has 0 saturated carbocycles. The van der Waals surface area contributed by atoms with Gasteiger partial charge < -0.3 is 14.6 Å². The summed E-state index contributed by atoms with van der Waals surface area (Å²) in [6, 6.07) is 11.0. The Hall–Kier alpha value is -0.980. The lowest BCUT2D eigenvalue weighted by Gasteiger charge is -2.45. The summed E-state index contributed by atoms with van der Waals surface area (Å²) in [6.45, 7) is 10.3. The van der Waals surface area contributed by atoms with Crippen molar-refractivity contribution in [3.63, 3.8) is 0 Å². The third-order valence-corrected chi connectivity index (χ3v) is 5.17. The summed E-state index contributed by atoms with van der Waals surface area (Å²) in [6.07, 6.45) is 0. The lowest BCUT2D eigenvalue weighted by Crippen LogP contribution is -2.56. The monoisotopic (exact) mass is 334 g/mol. The molecular weight excluding hydrogens is 304 g/mol. The molecule has 24 heavy (non-hydrogen) atoms. The Labute approximate surface area is 145 Å². The normalized spacial score (nSPS) is 22.3. The number of aliphatic hydroxyl groups excluding tert-OH is 1. The van der Waals surface area contributed by atoms with Crippen LogP contribution in [0.3, 0.4) is 0 Å². The van der Waals surface area contributed by atoms with Crippen LogP contribution in [-0.4, -0.2) is 80.2 Å². The van der Waals surface area contributed by atoms with E-state index in [-0.39, 0.29) is 12.0 Å². The van der Waals surface area contributed by atoms with Gasteiger partial charge in [0.1, 0.15) is 0 Å². The predicted molar refractivity (Wildman–Crippen MR) is 93.9 cm³/mol. The van der Waals surface area contributed by atoms with Crippen molar-refractivity contribution in [3.8, 4) is 0 Å². The molecule has 1 aromatic rings. The summed E-state index contributed by atoms with van der Waals surface area (Å²) in [5.41, 5.74) is 1.23. The van der Waals surface area contributed by atoms with Crippen molar-refractivity contribution in [2.24, 2.45) is 5.41 Å². The van der Waals surface area contributed by atoms with E-state index in [0.717, 1.165) is 45.9 Å². The van der Waals surface area contributed by atoms with Gasteiger partial charge in [-0.25, -0.2) is 0 Å². The molecule has 0 aromatic heterocycles. The summed E-state index contributed by atoms with van der Waals surface area (Å²) in [7, 11) is 0. The van der Waals surface area contributed by atoms with Crippen LogP contribution in [0.25, 0.3) is 0 Å². The van der Waals surface area contributed by atoms with E-state index in [1.807, 2.05) is 0 Å². The lowest BCUT2D eigenvalue weighted by atomic mass is 9.85. The minimum atomic E-state index is -0.0892. The number of aliphatic hydroxyl groups is 1. The van der Waals surface area contributed by atoms with Crippen LogP contribution in [-0.2, 0) is 16.0 Å². The van der Waals surface area contributed by atoms with Gasteiger partial charge in [-0.1, -0.05) is 30.3 Å². The fraction of sp³-hybridized carbons (Fsp3) is 0.684. The molecule has 1 aromatic carbocycles. The van der Waals surface area contributed by atoms with Crippen molar-refractivity contribution in [1.29, 1.82) is 0 Å². The highest BCUT2D eigenvalue weighted by Crippen LogP contribution is 2.29. The number of rotatable bonds is 8. The molecule has 0 spiro atoms. The van der Waals surface area contributed by atoms with E-state index < -0.39 is 0 Å². The van der Waals surface area contributed by atoms with E-state index in [2.05, 4.69) is 47.1 Å². The number of morpholine rings is 1. The van der Waals surface area contributed by atoms with Gasteiger partial charge in [0.05, 0.1) is 38.4 Å². The standard InChI is InChI=1S/C19H30N2O3/c1-17(11-20-7-9-23-10-8-20)21(12-18-5-3-2-4-6-18)13-19(14-22)15-24-16-19/h2-6,17,22H,7-16H2,1H3. The number of hydrogen-bond acceptors (Lipinski definition) is 5. The smallest absolute Gasteiger partial charge is 0.0594 e. The molecule has 5 heteroatoms. The molecule has 2 heterocycles. The van der Waals surface area contributed by atoms with Gasteiger partial charge in [0.2, 0.25) is 0 Å². The van der Waals surface area contributed by atoms with Crippen LogP contribution < -0.4 is 0 Å². The van der Waals surface area contributed by atoms with Gasteiger partial charge in [0, 0.05) is 38.8 Å². The predicted octanol–water partition coefficient (Wildman–Crippen LogP) is 1.22. The fourth-order valence-corrected chi connectivity index (χ4v) is 3.51. The van der Waals surface area contributed by atoms with Crippen molar-refractivity contribution < 1.29 is 14.6 Å². The van der Waals surface area contributed by atoms with Gasteiger partial charge >= 0.3 is 0 Å². The Kier molecular flexibility index (Phi) is 6.25. The molecule has 2 saturated heterocycles. The van der Waals surface area contributed by atoms with Crippen LogP contribution in [0.1, 0.15) is 12.5 Å². The largest absolute Gasteiger partial charge is 0.396 e. The average molecular weight is 334 g/mol. The van der Waals surface area contributed by atoms with Crippen LogP contribution in [0.2, 0.25) is 0 Å². The first-order valence-corrected chi connectivity index (χ1v) is 8.97. The van der Waals surface area contributed by atoms with Crippen LogP contribution >= 0.6 is 0 Å². The Morgan fingerprint density at radius 1 is 1.17 bits per heavy atom. The van der Waals surface area contributed by atoms with Gasteiger partial charge in [0.25, 0.3) is 0 Å². The van der Waals surface area contributed by atoms with Crippen molar-refractivity contribution in [3.05, 3.63) is 35.9 Å². The van der Waals surface area contributed by atoms with E-state index in [1.54, 1.807) is 0 Å². The molecule has 2 aliphatic rings. The number of ether oxygens (including phenoxy) is 2. The summed E-state index contributed by atoms with van der Waals surface area (Å²) in [5, 5.41) is 9.82. The molecule has 1 atom stereocenters. The highest BCUT2D eigenvalue weighted by Gasteiger charge is 2.40. The second-order valence-electron chi connectivity index (χ2n) is 7.30. The quantitative estimate of drug-likeness (QED) is 0.774. The molecule has 3 rings (SSSR count). The number of hydrogen-bond donors (Lipinski definition) is 1. The third kappa shape index (κ3) is 4.55. The SMILES string of the molecule is CC(CN1CCOCC1)N(Cc1ccccc1)CC1(CO)COC1. The summed E-state index contributed by atoms with van der Waals surface area (Å²) in [4.78, 5) is 4.98. The summed E-state index contributed by atoms with van der Waals surface area (Å²) in [5.74, 6) is 0. The van der Waals surface area contributed by atoms with Gasteiger partial charge in [-0.05, 0) is 12.5 Å². The zero-order chi connectivity index (χ0) is 16.8. The van der Waals surface area contributed by atoms with E-state index >= 15 is 0 Å². The molecule has 2 aliphatic heterocycles. The van der Waals surface area contributed by atoms with Crippen molar-refractivity contribution in [1.82, 2.24) is 9.80 Å². The van der Waals surface area contributed by atoms with Crippen molar-refractivity contribution in [2.75, 3.05) is 59.2 Å². The number of benzene rings is 1. The maximum atomic E-state index is 9.82. The first kappa shape index (κ1) is 17.8. The van der Waals surface area contributed by atoms with Crippen molar-refractivity contribution in [2.45, 2.75) is 19.5 Å². The minimum Gasteiger partial charge on any atom is -0.396 e. The Balaban J connectivity index is 1.65. The zero-order valence-electron chi connectivity index (χ0n) is 14.7. The third-order valence-electron chi connectivity index (χ3n) is 5.17. The Morgan fingerprint density at radius 2 is 1.88 bits per heavy atom. The van der Waals surface area contributed by atoms with Crippen LogP contribution in [0.4, 0.5) is 0 Å². The van der Waals surface area contributed by atoms with Crippen molar-refractivity contribution >= 4 is 0 Å². The molecule has 0 amide bonds. The Morgan fingerprint density at radius 3 is 2.46 bits per heavy atom. The molecule has 5 nitrogen and oxygen atoms in total. The van der Waals surface area contributed by atoms with Crippen LogP contribution in [0.5, 0.6) is 0 Å². The zero-order valence-corrected chi connectivity index (χ0v) is 14.7. The highest BCUT2D eigenvalue weighted by molar-refractivity contribution is 5.14. The van der Waals surface area contributed by atoms with Gasteiger partial charge in [0.15, 0.2) is 0 Å². The van der Waals surface area contributed by atoms with Crippen LogP contribution in [0, 0.1) is 5.41 Å². The molecule has 0 aliphatic carbocycles. The average Bonchev–Trinajstić information content (AvgIpc) is 2.59. The fourth-order valence-electron chi connectivity index (χ4n) is 3.51. The second-order valence-corrected chi connectivity index (χ2v) is 7.30. The first-order chi connectivity index (χ1) is 11.7. The van der Waals surface area contributed by atoms with E-state index in [4.69, 9.17) is 9.47 Å². The van der Waals surface area contributed by atoms with Gasteiger partial charge in [-0.15, -0.1) is 0 Å². The molecule has 1 N–H and O–H groups in total. The Bertz CT molecular complexity index is 481.